The lowest BCUT2D eigenvalue weighted by molar-refractivity contribution is -0.112. The number of anilines is 1. The molecule has 0 bridgehead atoms. The molecule has 0 saturated carbocycles. The molecule has 3 aromatic rings. The molecule has 164 valence electrons. The second kappa shape index (κ2) is 10.8. The van der Waals surface area contributed by atoms with E-state index < -0.39 is 5.91 Å². The van der Waals surface area contributed by atoms with Crippen LogP contribution in [-0.2, 0) is 4.79 Å². The van der Waals surface area contributed by atoms with Crippen molar-refractivity contribution in [2.45, 2.75) is 27.2 Å². The molecule has 0 aliphatic carbocycles. The lowest BCUT2D eigenvalue weighted by atomic mass is 10.1. The summed E-state index contributed by atoms with van der Waals surface area (Å²) in [4.78, 5) is 12.3. The first-order chi connectivity index (χ1) is 15.5. The summed E-state index contributed by atoms with van der Waals surface area (Å²) in [5.41, 5.74) is 2.91. The maximum Gasteiger partial charge on any atom is 0.267 e. The summed E-state index contributed by atoms with van der Waals surface area (Å²) in [7, 11) is 0. The summed E-state index contributed by atoms with van der Waals surface area (Å²) in [6.45, 7) is 6.86. The van der Waals surface area contributed by atoms with Crippen LogP contribution in [0.25, 0.3) is 6.08 Å². The van der Waals surface area contributed by atoms with Gasteiger partial charge in [0.2, 0.25) is 0 Å². The van der Waals surface area contributed by atoms with Crippen molar-refractivity contribution in [1.82, 2.24) is 5.16 Å². The number of para-hydroxylation sites is 1. The van der Waals surface area contributed by atoms with E-state index in [2.05, 4.69) is 10.5 Å². The Bertz CT molecular complexity index is 1120. The van der Waals surface area contributed by atoms with Crippen LogP contribution in [0.5, 0.6) is 11.5 Å². The number of carbonyl (C=O) groups excluding carboxylic acids is 1. The van der Waals surface area contributed by atoms with Gasteiger partial charge in [0.25, 0.3) is 5.91 Å². The molecule has 7 heteroatoms. The van der Waals surface area contributed by atoms with Crippen molar-refractivity contribution in [2.24, 2.45) is 0 Å². The van der Waals surface area contributed by atoms with Crippen LogP contribution in [-0.4, -0.2) is 24.3 Å². The monoisotopic (exact) mass is 431 g/mol. The number of carbonyl (C=O) groups is 1. The fourth-order valence-corrected chi connectivity index (χ4v) is 3.03. The van der Waals surface area contributed by atoms with Gasteiger partial charge in [0.05, 0.1) is 13.2 Å². The zero-order valence-electron chi connectivity index (χ0n) is 18.3. The summed E-state index contributed by atoms with van der Waals surface area (Å²) in [5.74, 6) is 1.91. The molecule has 0 aliphatic heterocycles. The number of rotatable bonds is 9. The number of benzene rings is 2. The third-order valence-electron chi connectivity index (χ3n) is 4.64. The molecule has 32 heavy (non-hydrogen) atoms. The molecule has 0 spiro atoms. The topological polar surface area (TPSA) is 97.4 Å². The average Bonchev–Trinajstić information content (AvgIpc) is 3.19. The Morgan fingerprint density at radius 1 is 1.09 bits per heavy atom. The zero-order valence-corrected chi connectivity index (χ0v) is 18.3. The van der Waals surface area contributed by atoms with Gasteiger partial charge in [-0.05, 0) is 55.7 Å². The van der Waals surface area contributed by atoms with Gasteiger partial charge in [-0.3, -0.25) is 4.79 Å². The highest BCUT2D eigenvalue weighted by Gasteiger charge is 2.12. The fraction of sp³-hybridized carbons (Fsp3) is 0.240. The molecule has 7 nitrogen and oxygen atoms in total. The predicted octanol–water partition coefficient (Wildman–Crippen LogP) is 4.99. The molecule has 0 radical (unpaired) electrons. The average molecular weight is 431 g/mol. The van der Waals surface area contributed by atoms with Crippen molar-refractivity contribution in [1.29, 1.82) is 5.26 Å². The summed E-state index contributed by atoms with van der Waals surface area (Å²) >= 11 is 0. The highest BCUT2D eigenvalue weighted by atomic mass is 16.5. The maximum absolute atomic E-state index is 12.3. The van der Waals surface area contributed by atoms with Gasteiger partial charge in [-0.15, -0.1) is 0 Å². The van der Waals surface area contributed by atoms with Crippen LogP contribution in [0.3, 0.4) is 0 Å². The van der Waals surface area contributed by atoms with E-state index in [0.29, 0.717) is 30.3 Å². The van der Waals surface area contributed by atoms with Gasteiger partial charge < -0.3 is 19.3 Å². The highest BCUT2D eigenvalue weighted by Crippen LogP contribution is 2.22. The number of nitriles is 1. The highest BCUT2D eigenvalue weighted by molar-refractivity contribution is 6.09. The molecular formula is C25H25N3O4. The Morgan fingerprint density at radius 3 is 2.41 bits per heavy atom. The smallest absolute Gasteiger partial charge is 0.267 e. The Kier molecular flexibility index (Phi) is 7.65. The first-order valence-electron chi connectivity index (χ1n) is 10.2. The van der Waals surface area contributed by atoms with Gasteiger partial charge in [0.1, 0.15) is 28.9 Å². The molecule has 0 saturated heterocycles. The molecule has 3 rings (SSSR count). The Balaban J connectivity index is 1.48. The number of ether oxygens (including phenoxy) is 2. The minimum absolute atomic E-state index is 0.0389. The number of hydrogen-bond acceptors (Lipinski definition) is 6. The Labute approximate surface area is 187 Å². The number of amides is 1. The second-order valence-electron chi connectivity index (χ2n) is 7.29. The van der Waals surface area contributed by atoms with Crippen LogP contribution in [0.15, 0.2) is 58.6 Å². The van der Waals surface area contributed by atoms with Crippen molar-refractivity contribution in [3.05, 3.63) is 76.6 Å². The van der Waals surface area contributed by atoms with E-state index >= 15 is 0 Å². The molecule has 1 heterocycles. The van der Waals surface area contributed by atoms with Crippen molar-refractivity contribution in [2.75, 3.05) is 18.5 Å². The van der Waals surface area contributed by atoms with Gasteiger partial charge in [-0.1, -0.05) is 35.5 Å². The third-order valence-corrected chi connectivity index (χ3v) is 4.64. The fourth-order valence-electron chi connectivity index (χ4n) is 3.03. The number of nitrogens with one attached hydrogen (secondary N) is 1. The predicted molar refractivity (Wildman–Crippen MR) is 121 cm³/mol. The largest absolute Gasteiger partial charge is 0.493 e. The van der Waals surface area contributed by atoms with E-state index in [1.165, 1.54) is 6.08 Å². The number of hydrogen-bond donors (Lipinski definition) is 1. The molecular weight excluding hydrogens is 406 g/mol. The van der Waals surface area contributed by atoms with Crippen LogP contribution in [0.2, 0.25) is 0 Å². The van der Waals surface area contributed by atoms with Crippen molar-refractivity contribution in [3.8, 4) is 17.6 Å². The van der Waals surface area contributed by atoms with E-state index in [0.717, 1.165) is 23.3 Å². The molecule has 0 unspecified atom stereocenters. The van der Waals surface area contributed by atoms with Crippen LogP contribution in [0, 0.1) is 32.1 Å². The standard InChI is InChI=1S/C25H25N3O4/c1-17-6-4-7-18(2)24(17)31-13-5-12-30-22-10-8-20(9-11-22)15-21(16-26)25(29)27-23-14-19(3)32-28-23/h4,6-11,14-15H,5,12-13H2,1-3H3,(H,27,28,29)/b21-15-. The number of nitrogens with zero attached hydrogens (tertiary/aromatic N) is 2. The normalized spacial score (nSPS) is 11.0. The van der Waals surface area contributed by atoms with Crippen LogP contribution < -0.4 is 14.8 Å². The Hall–Kier alpha value is -4.05. The minimum atomic E-state index is -0.551. The zero-order chi connectivity index (χ0) is 22.9. The summed E-state index contributed by atoms with van der Waals surface area (Å²) in [5, 5.41) is 15.5. The lowest BCUT2D eigenvalue weighted by Crippen LogP contribution is -2.13. The summed E-state index contributed by atoms with van der Waals surface area (Å²) < 4.78 is 16.5. The van der Waals surface area contributed by atoms with E-state index in [9.17, 15) is 10.1 Å². The van der Waals surface area contributed by atoms with E-state index in [1.54, 1.807) is 37.3 Å². The first-order valence-corrected chi connectivity index (χ1v) is 10.2. The van der Waals surface area contributed by atoms with Gasteiger partial charge >= 0.3 is 0 Å². The molecule has 0 fully saturated rings. The maximum atomic E-state index is 12.3. The second-order valence-corrected chi connectivity index (χ2v) is 7.29. The van der Waals surface area contributed by atoms with E-state index in [1.807, 2.05) is 38.1 Å². The molecule has 0 atom stereocenters. The van der Waals surface area contributed by atoms with Crippen molar-refractivity contribution >= 4 is 17.8 Å². The van der Waals surface area contributed by atoms with E-state index in [4.69, 9.17) is 14.0 Å². The quantitative estimate of drug-likeness (QED) is 0.291. The van der Waals surface area contributed by atoms with Crippen molar-refractivity contribution < 1.29 is 18.8 Å². The number of aryl methyl sites for hydroxylation is 3. The SMILES string of the molecule is Cc1cc(NC(=O)/C(C#N)=C\c2ccc(OCCCOc3c(C)cccc3C)cc2)no1. The van der Waals surface area contributed by atoms with Gasteiger partial charge in [-0.2, -0.15) is 5.26 Å². The first kappa shape index (κ1) is 22.6. The van der Waals surface area contributed by atoms with E-state index in [-0.39, 0.29) is 11.4 Å². The van der Waals surface area contributed by atoms with Gasteiger partial charge in [-0.25, -0.2) is 0 Å². The number of aromatic nitrogens is 1. The molecule has 1 N–H and O–H groups in total. The molecule has 1 aromatic heterocycles. The molecule has 0 aliphatic rings. The van der Waals surface area contributed by atoms with Gasteiger partial charge in [0.15, 0.2) is 5.82 Å². The molecule has 2 aromatic carbocycles. The Morgan fingerprint density at radius 2 is 1.78 bits per heavy atom. The summed E-state index contributed by atoms with van der Waals surface area (Å²) in [6.07, 6.45) is 2.25. The van der Waals surface area contributed by atoms with Crippen molar-refractivity contribution in [3.63, 3.8) is 0 Å². The third kappa shape index (κ3) is 6.22. The lowest BCUT2D eigenvalue weighted by Gasteiger charge is -2.12. The van der Waals surface area contributed by atoms with Crippen LogP contribution in [0.4, 0.5) is 5.82 Å². The summed E-state index contributed by atoms with van der Waals surface area (Å²) in [6, 6.07) is 16.7. The minimum Gasteiger partial charge on any atom is -0.493 e. The van der Waals surface area contributed by atoms with Gasteiger partial charge in [0, 0.05) is 12.5 Å². The molecule has 1 amide bonds. The van der Waals surface area contributed by atoms with Crippen LogP contribution >= 0.6 is 0 Å². The van der Waals surface area contributed by atoms with Crippen LogP contribution in [0.1, 0.15) is 28.9 Å².